The highest BCUT2D eigenvalue weighted by Crippen LogP contribution is -0.377. The zero-order valence-electron chi connectivity index (χ0n) is 2.31. The molecule has 0 bridgehead atoms. The van der Waals surface area contributed by atoms with Crippen LogP contribution in [0.5, 0.6) is 0 Å². The summed E-state index contributed by atoms with van der Waals surface area (Å²) in [6.07, 6.45) is 0. The van der Waals surface area contributed by atoms with Crippen molar-refractivity contribution in [2.75, 3.05) is 0 Å². The van der Waals surface area contributed by atoms with Crippen molar-refractivity contribution in [2.45, 2.75) is 0 Å². The fourth-order valence-corrected chi connectivity index (χ4v) is 0. The fraction of sp³-hybridized carbons (Fsp3) is 0. The summed E-state index contributed by atoms with van der Waals surface area (Å²) in [7, 11) is 0. The Hall–Kier alpha value is 0.325. The molecular weight excluding hydrogens is 54.1 g/mol. The Morgan fingerprint density at radius 1 is 0.400 bits per heavy atom. The largest absolute Gasteiger partial charge is 0.0814 e. The van der Waals surface area contributed by atoms with Crippen LogP contribution in [0.4, 0.5) is 0 Å². The van der Waals surface area contributed by atoms with Crippen molar-refractivity contribution in [3.63, 3.8) is 0 Å². The molecule has 0 heterocycles. The first-order valence-corrected chi connectivity index (χ1v) is 0. The molecular formula is H3B5. The second-order valence-electron chi connectivity index (χ2n) is 0. The smallest absolute Gasteiger partial charge is 0 e. The van der Waals surface area contributed by atoms with Gasteiger partial charge in [0.05, 0.1) is 8.41 Å². The fourth-order valence-electron chi connectivity index (χ4n) is 0. The van der Waals surface area contributed by atoms with E-state index in [9.17, 15) is 0 Å². The Morgan fingerprint density at radius 3 is 0.400 bits per heavy atom. The van der Waals surface area contributed by atoms with Crippen LogP contribution in [0.25, 0.3) is 0 Å². The zero-order chi connectivity index (χ0) is 0. The van der Waals surface area contributed by atoms with E-state index in [2.05, 4.69) is 0 Å². The third-order valence-electron chi connectivity index (χ3n) is 0. The molecule has 0 N–H and O–H groups in total. The van der Waals surface area contributed by atoms with Gasteiger partial charge in [0, 0.05) is 33.7 Å². The molecule has 0 aromatic heterocycles. The van der Waals surface area contributed by atoms with Crippen LogP contribution in [-0.2, 0) is 0 Å². The van der Waals surface area contributed by atoms with Gasteiger partial charge < -0.3 is 0 Å². The van der Waals surface area contributed by atoms with Gasteiger partial charge in [0.1, 0.15) is 0 Å². The summed E-state index contributed by atoms with van der Waals surface area (Å²) in [4.78, 5) is 0. The van der Waals surface area contributed by atoms with Gasteiger partial charge in [-0.3, -0.25) is 0 Å². The van der Waals surface area contributed by atoms with E-state index in [1.165, 1.54) is 0 Å². The van der Waals surface area contributed by atoms with Crippen molar-refractivity contribution >= 4 is 42.1 Å². The summed E-state index contributed by atoms with van der Waals surface area (Å²) in [6.45, 7) is 0. The number of hydrogen-bond donors (Lipinski definition) is 0. The van der Waals surface area contributed by atoms with E-state index in [1.54, 1.807) is 0 Å². The third kappa shape index (κ3) is 222. The normalized spacial score (nSPS) is 0. The minimum atomic E-state index is 0. The topological polar surface area (TPSA) is 0 Å². The van der Waals surface area contributed by atoms with Gasteiger partial charge in [-0.05, 0) is 0 Å². The van der Waals surface area contributed by atoms with Gasteiger partial charge in [-0.2, -0.15) is 0 Å². The van der Waals surface area contributed by atoms with Gasteiger partial charge in [0.2, 0.25) is 0 Å². The Labute approximate surface area is 43.0 Å². The molecule has 0 atom stereocenters. The lowest BCUT2D eigenvalue weighted by Crippen LogP contribution is -0.382. The summed E-state index contributed by atoms with van der Waals surface area (Å²) >= 11 is 0. The Morgan fingerprint density at radius 2 is 0.400 bits per heavy atom. The van der Waals surface area contributed by atoms with Gasteiger partial charge in [-0.1, -0.05) is 0 Å². The molecule has 0 aliphatic heterocycles. The third-order valence-corrected chi connectivity index (χ3v) is 0. The molecule has 0 aliphatic rings. The molecule has 0 amide bonds. The molecule has 0 unspecified atom stereocenters. The molecule has 5 heavy (non-hydrogen) atoms. The van der Waals surface area contributed by atoms with Gasteiger partial charge in [-0.25, -0.2) is 0 Å². The number of hydrogen-bond acceptors (Lipinski definition) is 0. The molecule has 12 radical (unpaired) electrons. The van der Waals surface area contributed by atoms with Crippen LogP contribution in [0.3, 0.4) is 0 Å². The standard InChI is InChI=1S/BH3.4B/h1H3;;;;. The highest BCUT2D eigenvalue weighted by atomic mass is 10.8. The second-order valence-corrected chi connectivity index (χ2v) is 0. The minimum absolute atomic E-state index is 0. The van der Waals surface area contributed by atoms with Gasteiger partial charge in [-0.15, -0.1) is 0 Å². The van der Waals surface area contributed by atoms with E-state index in [0.29, 0.717) is 0 Å². The monoisotopic (exact) mass is 58.1 g/mol. The van der Waals surface area contributed by atoms with Crippen molar-refractivity contribution in [2.24, 2.45) is 0 Å². The first-order chi connectivity index (χ1) is 0. The molecule has 0 rings (SSSR count). The average molecular weight is 57.1 g/mol. The van der Waals surface area contributed by atoms with Gasteiger partial charge in [0.15, 0.2) is 0 Å². The number of rotatable bonds is 0. The molecule has 0 saturated heterocycles. The Balaban J connectivity index is 0. The van der Waals surface area contributed by atoms with E-state index < -0.39 is 0 Å². The molecule has 0 fully saturated rings. The van der Waals surface area contributed by atoms with Crippen LogP contribution < -0.4 is 0 Å². The minimum Gasteiger partial charge on any atom is 0 e. The van der Waals surface area contributed by atoms with Gasteiger partial charge >= 0.3 is 0 Å². The van der Waals surface area contributed by atoms with Crippen molar-refractivity contribution in [3.8, 4) is 0 Å². The maximum Gasteiger partial charge on any atom is 0.0814 e. The van der Waals surface area contributed by atoms with E-state index in [-0.39, 0.29) is 42.1 Å². The molecule has 0 saturated carbocycles. The maximum atomic E-state index is 0. The van der Waals surface area contributed by atoms with Crippen molar-refractivity contribution in [1.29, 1.82) is 0 Å². The quantitative estimate of drug-likeness (QED) is 0.265. The van der Waals surface area contributed by atoms with Crippen LogP contribution in [0.15, 0.2) is 0 Å². The highest BCUT2D eigenvalue weighted by Gasteiger charge is 0.0815. The Bertz CT molecular complexity index is 0. The summed E-state index contributed by atoms with van der Waals surface area (Å²) in [5, 5.41) is 0. The Kier molecular flexibility index (Phi) is 85700. The van der Waals surface area contributed by atoms with Crippen LogP contribution >= 0.6 is 0 Å². The van der Waals surface area contributed by atoms with Crippen molar-refractivity contribution < 1.29 is 0 Å². The maximum absolute atomic E-state index is 0. The van der Waals surface area contributed by atoms with Gasteiger partial charge in [0.25, 0.3) is 0 Å². The lowest BCUT2D eigenvalue weighted by Gasteiger charge is -0.00100. The second kappa shape index (κ2) is 453. The first-order valence-electron chi connectivity index (χ1n) is 0. The van der Waals surface area contributed by atoms with E-state index in [0.717, 1.165) is 0 Å². The zero-order valence-corrected chi connectivity index (χ0v) is 2.31. The van der Waals surface area contributed by atoms with Crippen LogP contribution in [0.1, 0.15) is 0 Å². The highest BCUT2D eigenvalue weighted by molar-refractivity contribution is 5.76. The SMILES string of the molecule is B.[B].[B].[B].[B]. The molecule has 0 nitrogen and oxygen atoms in total. The average Bonchev–Trinajstić information content (AvgIpc) is 0. The van der Waals surface area contributed by atoms with E-state index >= 15 is 0 Å². The molecule has 5 heteroatoms. The van der Waals surface area contributed by atoms with E-state index in [1.807, 2.05) is 0 Å². The molecule has 0 spiro atoms. The molecule has 18 valence electrons. The molecule has 0 aromatic carbocycles. The lowest BCUT2D eigenvalue weighted by atomic mass is 10.8. The van der Waals surface area contributed by atoms with Crippen LogP contribution in [0, 0.1) is 0 Å². The first kappa shape index (κ1) is 945. The van der Waals surface area contributed by atoms with Crippen molar-refractivity contribution in [1.82, 2.24) is 0 Å². The predicted molar refractivity (Wildman–Crippen MR) is 33.0 cm³/mol. The van der Waals surface area contributed by atoms with Crippen molar-refractivity contribution in [3.05, 3.63) is 0 Å². The van der Waals surface area contributed by atoms with E-state index in [4.69, 9.17) is 0 Å². The summed E-state index contributed by atoms with van der Waals surface area (Å²) in [5.41, 5.74) is 0. The predicted octanol–water partition coefficient (Wildman–Crippen LogP) is -2.71. The molecule has 0 aromatic rings. The molecule has 0 aliphatic carbocycles. The van der Waals surface area contributed by atoms with Crippen LogP contribution in [-0.4, -0.2) is 42.1 Å². The summed E-state index contributed by atoms with van der Waals surface area (Å²) < 4.78 is 0. The van der Waals surface area contributed by atoms with Crippen LogP contribution in [0.2, 0.25) is 0 Å². The summed E-state index contributed by atoms with van der Waals surface area (Å²) in [6, 6.07) is 0. The summed E-state index contributed by atoms with van der Waals surface area (Å²) in [5.74, 6) is 0. The lowest BCUT2D eigenvalue weighted by molar-refractivity contribution is 5.75.